The van der Waals surface area contributed by atoms with Gasteiger partial charge in [0, 0.05) is 11.9 Å². The molecule has 1 aromatic carbocycles. The van der Waals surface area contributed by atoms with Crippen LogP contribution in [0.2, 0.25) is 0 Å². The summed E-state index contributed by atoms with van der Waals surface area (Å²) in [5.41, 5.74) is 0.188. The van der Waals surface area contributed by atoms with Crippen molar-refractivity contribution in [1.82, 2.24) is 5.32 Å². The second kappa shape index (κ2) is 6.71. The van der Waals surface area contributed by atoms with Crippen LogP contribution in [0.5, 0.6) is 0 Å². The first-order valence-electron chi connectivity index (χ1n) is 6.08. The number of carbonyl (C=O) groups excluding carboxylic acids is 1. The van der Waals surface area contributed by atoms with E-state index in [4.69, 9.17) is 11.6 Å². The van der Waals surface area contributed by atoms with E-state index in [2.05, 4.69) is 21.2 Å². The van der Waals surface area contributed by atoms with E-state index in [9.17, 15) is 9.18 Å². The number of hydrogen-bond donors (Lipinski definition) is 1. The van der Waals surface area contributed by atoms with Crippen molar-refractivity contribution in [2.45, 2.75) is 33.2 Å². The van der Waals surface area contributed by atoms with Crippen LogP contribution in [0.1, 0.15) is 37.6 Å². The molecule has 0 aliphatic rings. The maximum absolute atomic E-state index is 13.4. The number of hydrogen-bond acceptors (Lipinski definition) is 1. The smallest absolute Gasteiger partial charge is 0.252 e. The second-order valence-electron chi connectivity index (χ2n) is 5.47. The molecule has 0 bridgehead atoms. The van der Waals surface area contributed by atoms with Crippen LogP contribution in [-0.2, 0) is 0 Å². The summed E-state index contributed by atoms with van der Waals surface area (Å²) in [6, 6.07) is 4.35. The number of rotatable bonds is 4. The molecular weight excluding hydrogens is 333 g/mol. The molecule has 1 N–H and O–H groups in total. The van der Waals surface area contributed by atoms with E-state index in [1.165, 1.54) is 12.1 Å². The maximum atomic E-state index is 13.4. The molecule has 5 heteroatoms. The van der Waals surface area contributed by atoms with Crippen molar-refractivity contribution in [3.05, 3.63) is 34.1 Å². The molecule has 19 heavy (non-hydrogen) atoms. The Bertz CT molecular complexity index is 459. The first-order valence-corrected chi connectivity index (χ1v) is 7.41. The normalized spacial score (nSPS) is 13.2. The zero-order valence-electron chi connectivity index (χ0n) is 11.3. The Morgan fingerprint density at radius 3 is 2.63 bits per heavy atom. The Morgan fingerprint density at radius 1 is 1.47 bits per heavy atom. The van der Waals surface area contributed by atoms with Crippen LogP contribution < -0.4 is 5.32 Å². The first-order chi connectivity index (χ1) is 8.77. The predicted molar refractivity (Wildman–Crippen MR) is 80.1 cm³/mol. The maximum Gasteiger partial charge on any atom is 0.252 e. The van der Waals surface area contributed by atoms with Gasteiger partial charge in [0.1, 0.15) is 5.82 Å². The van der Waals surface area contributed by atoms with E-state index in [-0.39, 0.29) is 21.8 Å². The minimum atomic E-state index is -0.447. The zero-order chi connectivity index (χ0) is 14.6. The van der Waals surface area contributed by atoms with Gasteiger partial charge in [-0.15, -0.1) is 11.6 Å². The Labute approximate surface area is 126 Å². The minimum absolute atomic E-state index is 0.0623. The minimum Gasteiger partial charge on any atom is -0.349 e. The summed E-state index contributed by atoms with van der Waals surface area (Å²) < 4.78 is 13.6. The lowest BCUT2D eigenvalue weighted by atomic mass is 9.85. The van der Waals surface area contributed by atoms with Gasteiger partial charge in [0.25, 0.3) is 5.91 Å². The van der Waals surface area contributed by atoms with Gasteiger partial charge in [0.15, 0.2) is 0 Å². The molecule has 0 saturated heterocycles. The third kappa shape index (κ3) is 4.46. The summed E-state index contributed by atoms with van der Waals surface area (Å²) in [6.07, 6.45) is 0.670. The molecule has 0 aliphatic heterocycles. The van der Waals surface area contributed by atoms with Crippen LogP contribution in [0.15, 0.2) is 22.7 Å². The second-order valence-corrected chi connectivity index (χ2v) is 6.64. The Hall–Kier alpha value is -0.610. The van der Waals surface area contributed by atoms with Gasteiger partial charge in [0.05, 0.1) is 10.0 Å². The van der Waals surface area contributed by atoms with Crippen molar-refractivity contribution in [2.24, 2.45) is 5.41 Å². The average Bonchev–Trinajstić information content (AvgIpc) is 2.30. The van der Waals surface area contributed by atoms with Crippen molar-refractivity contribution in [2.75, 3.05) is 5.88 Å². The molecule has 0 spiro atoms. The summed E-state index contributed by atoms with van der Waals surface area (Å²) in [5, 5.41) is 2.92. The average molecular weight is 351 g/mol. The standard InChI is InChI=1S/C14H18BrClFNO/c1-14(2,3)11(7-8-16)18-13(19)9-5-4-6-10(17)12(9)15/h4-6,11H,7-8H2,1-3H3,(H,18,19). The van der Waals surface area contributed by atoms with Crippen LogP contribution in [0.4, 0.5) is 4.39 Å². The van der Waals surface area contributed by atoms with Crippen LogP contribution in [0.3, 0.4) is 0 Å². The molecule has 0 aliphatic carbocycles. The Balaban J connectivity index is 2.91. The summed E-state index contributed by atoms with van der Waals surface area (Å²) in [7, 11) is 0. The van der Waals surface area contributed by atoms with Crippen LogP contribution in [0, 0.1) is 11.2 Å². The number of nitrogens with one attached hydrogen (secondary N) is 1. The van der Waals surface area contributed by atoms with Gasteiger partial charge in [-0.1, -0.05) is 26.8 Å². The molecule has 1 rings (SSSR count). The van der Waals surface area contributed by atoms with Gasteiger partial charge < -0.3 is 5.32 Å². The van der Waals surface area contributed by atoms with E-state index in [1.54, 1.807) is 6.07 Å². The van der Waals surface area contributed by atoms with Gasteiger partial charge in [-0.05, 0) is 39.9 Å². The monoisotopic (exact) mass is 349 g/mol. The van der Waals surface area contributed by atoms with Crippen molar-refractivity contribution in [3.63, 3.8) is 0 Å². The fourth-order valence-corrected chi connectivity index (χ4v) is 2.41. The molecule has 2 nitrogen and oxygen atoms in total. The van der Waals surface area contributed by atoms with Crippen molar-refractivity contribution < 1.29 is 9.18 Å². The molecule has 0 heterocycles. The molecular formula is C14H18BrClFNO. The number of halogens is 3. The quantitative estimate of drug-likeness (QED) is 0.803. The highest BCUT2D eigenvalue weighted by atomic mass is 79.9. The molecule has 106 valence electrons. The lowest BCUT2D eigenvalue weighted by Gasteiger charge is -2.31. The van der Waals surface area contributed by atoms with E-state index in [1.807, 2.05) is 20.8 Å². The summed E-state index contributed by atoms with van der Waals surface area (Å²) in [4.78, 5) is 12.2. The molecule has 0 saturated carbocycles. The van der Waals surface area contributed by atoms with Crippen molar-refractivity contribution in [1.29, 1.82) is 0 Å². The number of carbonyl (C=O) groups is 1. The summed E-state index contributed by atoms with van der Waals surface area (Å²) in [5.74, 6) is -0.277. The van der Waals surface area contributed by atoms with Gasteiger partial charge in [-0.3, -0.25) is 4.79 Å². The topological polar surface area (TPSA) is 29.1 Å². The summed E-state index contributed by atoms with van der Waals surface area (Å²) in [6.45, 7) is 6.10. The predicted octanol–water partition coefficient (Wildman–Crippen LogP) is 4.36. The molecule has 0 fully saturated rings. The van der Waals surface area contributed by atoms with E-state index >= 15 is 0 Å². The largest absolute Gasteiger partial charge is 0.349 e. The number of amides is 1. The molecule has 1 amide bonds. The van der Waals surface area contributed by atoms with Gasteiger partial charge in [-0.25, -0.2) is 4.39 Å². The molecule has 1 atom stereocenters. The van der Waals surface area contributed by atoms with Gasteiger partial charge in [0.2, 0.25) is 0 Å². The third-order valence-corrected chi connectivity index (χ3v) is 3.97. The SMILES string of the molecule is CC(C)(C)C(CCCl)NC(=O)c1cccc(F)c1Br. The zero-order valence-corrected chi connectivity index (χ0v) is 13.6. The summed E-state index contributed by atoms with van der Waals surface area (Å²) >= 11 is 8.87. The molecule has 1 aromatic rings. The molecule has 0 aromatic heterocycles. The fraction of sp³-hybridized carbons (Fsp3) is 0.500. The lowest BCUT2D eigenvalue weighted by molar-refractivity contribution is 0.0899. The van der Waals surface area contributed by atoms with Gasteiger partial charge >= 0.3 is 0 Å². The van der Waals surface area contributed by atoms with E-state index < -0.39 is 5.82 Å². The third-order valence-electron chi connectivity index (χ3n) is 2.94. The van der Waals surface area contributed by atoms with Crippen LogP contribution >= 0.6 is 27.5 Å². The lowest BCUT2D eigenvalue weighted by Crippen LogP contribution is -2.44. The Kier molecular flexibility index (Phi) is 5.81. The number of alkyl halides is 1. The van der Waals surface area contributed by atoms with Crippen molar-refractivity contribution >= 4 is 33.4 Å². The highest BCUT2D eigenvalue weighted by Crippen LogP contribution is 2.24. The first kappa shape index (κ1) is 16.4. The highest BCUT2D eigenvalue weighted by molar-refractivity contribution is 9.10. The van der Waals surface area contributed by atoms with E-state index in [0.717, 1.165) is 0 Å². The van der Waals surface area contributed by atoms with E-state index in [0.29, 0.717) is 17.9 Å². The fourth-order valence-electron chi connectivity index (χ4n) is 1.75. The van der Waals surface area contributed by atoms with Gasteiger partial charge in [-0.2, -0.15) is 0 Å². The number of benzene rings is 1. The van der Waals surface area contributed by atoms with Crippen LogP contribution in [0.25, 0.3) is 0 Å². The molecule has 1 unspecified atom stereocenters. The van der Waals surface area contributed by atoms with Crippen LogP contribution in [-0.4, -0.2) is 17.8 Å². The Morgan fingerprint density at radius 2 is 2.11 bits per heavy atom. The van der Waals surface area contributed by atoms with Crippen molar-refractivity contribution in [3.8, 4) is 0 Å². The highest BCUT2D eigenvalue weighted by Gasteiger charge is 2.26. The molecule has 0 radical (unpaired) electrons.